The second kappa shape index (κ2) is 6.46. The van der Waals surface area contributed by atoms with Gasteiger partial charge in [0.25, 0.3) is 5.91 Å². The SMILES string of the molecule is CCCc1nc(C(=O)NCCOC(N)=O)n[nH]1. The van der Waals surface area contributed by atoms with Crippen molar-refractivity contribution in [3.05, 3.63) is 11.6 Å². The Kier molecular flexibility index (Phi) is 4.92. The summed E-state index contributed by atoms with van der Waals surface area (Å²) in [6.07, 6.45) is 0.788. The molecule has 0 aliphatic heterocycles. The molecule has 1 heterocycles. The minimum atomic E-state index is -0.873. The molecule has 0 aromatic carbocycles. The lowest BCUT2D eigenvalue weighted by Gasteiger charge is -2.02. The molecule has 0 aliphatic rings. The van der Waals surface area contributed by atoms with Crippen LogP contribution < -0.4 is 11.1 Å². The largest absolute Gasteiger partial charge is 0.448 e. The molecule has 0 atom stereocenters. The van der Waals surface area contributed by atoms with Crippen LogP contribution in [0.2, 0.25) is 0 Å². The fraction of sp³-hybridized carbons (Fsp3) is 0.556. The lowest BCUT2D eigenvalue weighted by atomic mass is 10.3. The predicted molar refractivity (Wildman–Crippen MR) is 58.2 cm³/mol. The smallest absolute Gasteiger partial charge is 0.404 e. The van der Waals surface area contributed by atoms with Crippen molar-refractivity contribution < 1.29 is 14.3 Å². The van der Waals surface area contributed by atoms with Gasteiger partial charge in [0.2, 0.25) is 5.82 Å². The van der Waals surface area contributed by atoms with E-state index in [-0.39, 0.29) is 19.0 Å². The molecule has 0 unspecified atom stereocenters. The molecule has 17 heavy (non-hydrogen) atoms. The number of primary amides is 1. The summed E-state index contributed by atoms with van der Waals surface area (Å²) in [7, 11) is 0. The number of hydrogen-bond donors (Lipinski definition) is 3. The first-order chi connectivity index (χ1) is 8.13. The molecule has 0 fully saturated rings. The zero-order valence-electron chi connectivity index (χ0n) is 9.52. The minimum Gasteiger partial charge on any atom is -0.448 e. The molecular formula is C9H15N5O3. The van der Waals surface area contributed by atoms with E-state index in [9.17, 15) is 9.59 Å². The topological polar surface area (TPSA) is 123 Å². The molecule has 2 amide bonds. The standard InChI is InChI=1S/C9H15N5O3/c1-2-3-6-12-7(14-13-6)8(15)11-4-5-17-9(10)16/h2-5H2,1H3,(H2,10,16)(H,11,15)(H,12,13,14). The number of nitrogens with zero attached hydrogens (tertiary/aromatic N) is 2. The molecule has 1 rings (SSSR count). The summed E-state index contributed by atoms with van der Waals surface area (Å²) in [5.74, 6) is 0.329. The van der Waals surface area contributed by atoms with Crippen molar-refractivity contribution in [1.29, 1.82) is 0 Å². The average Bonchev–Trinajstić information content (AvgIpc) is 2.73. The number of carbonyl (C=O) groups excluding carboxylic acids is 2. The van der Waals surface area contributed by atoms with Crippen LogP contribution in [0.4, 0.5) is 4.79 Å². The maximum atomic E-state index is 11.5. The molecule has 0 bridgehead atoms. The Morgan fingerprint density at radius 3 is 2.94 bits per heavy atom. The van der Waals surface area contributed by atoms with E-state index in [4.69, 9.17) is 5.73 Å². The van der Waals surface area contributed by atoms with Crippen LogP contribution in [0.25, 0.3) is 0 Å². The molecule has 4 N–H and O–H groups in total. The van der Waals surface area contributed by atoms with Gasteiger partial charge in [-0.3, -0.25) is 9.89 Å². The van der Waals surface area contributed by atoms with Crippen LogP contribution in [-0.4, -0.2) is 40.3 Å². The van der Waals surface area contributed by atoms with Crippen LogP contribution in [0.5, 0.6) is 0 Å². The van der Waals surface area contributed by atoms with Crippen molar-refractivity contribution in [2.24, 2.45) is 5.73 Å². The predicted octanol–water partition coefficient (Wildman–Crippen LogP) is -0.418. The number of aromatic amines is 1. The number of aromatic nitrogens is 3. The first kappa shape index (κ1) is 12.9. The normalized spacial score (nSPS) is 9.94. The van der Waals surface area contributed by atoms with E-state index in [2.05, 4.69) is 25.2 Å². The number of nitrogens with two attached hydrogens (primary N) is 1. The van der Waals surface area contributed by atoms with E-state index >= 15 is 0 Å². The van der Waals surface area contributed by atoms with Gasteiger partial charge in [-0.15, -0.1) is 5.10 Å². The number of ether oxygens (including phenoxy) is 1. The highest BCUT2D eigenvalue weighted by molar-refractivity contribution is 5.90. The van der Waals surface area contributed by atoms with E-state index in [1.807, 2.05) is 6.92 Å². The highest BCUT2D eigenvalue weighted by Gasteiger charge is 2.11. The Morgan fingerprint density at radius 2 is 2.29 bits per heavy atom. The molecule has 0 spiro atoms. The summed E-state index contributed by atoms with van der Waals surface area (Å²) in [6, 6.07) is 0. The quantitative estimate of drug-likeness (QED) is 0.584. The summed E-state index contributed by atoms with van der Waals surface area (Å²) < 4.78 is 4.45. The van der Waals surface area contributed by atoms with Crippen molar-refractivity contribution >= 4 is 12.0 Å². The molecule has 8 nitrogen and oxygen atoms in total. The first-order valence-corrected chi connectivity index (χ1v) is 5.25. The summed E-state index contributed by atoms with van der Waals surface area (Å²) in [5, 5.41) is 8.93. The molecule has 0 aliphatic carbocycles. The molecule has 8 heteroatoms. The number of H-pyrrole nitrogens is 1. The maximum absolute atomic E-state index is 11.5. The number of aryl methyl sites for hydroxylation is 1. The summed E-state index contributed by atoms with van der Waals surface area (Å²) >= 11 is 0. The van der Waals surface area contributed by atoms with E-state index in [0.29, 0.717) is 5.82 Å². The van der Waals surface area contributed by atoms with Gasteiger partial charge in [0.15, 0.2) is 0 Å². The molecule has 0 radical (unpaired) electrons. The Hall–Kier alpha value is -2.12. The Bertz CT molecular complexity index is 390. The third-order valence-electron chi connectivity index (χ3n) is 1.85. The second-order valence-electron chi connectivity index (χ2n) is 3.28. The van der Waals surface area contributed by atoms with Gasteiger partial charge in [-0.05, 0) is 6.42 Å². The number of carbonyl (C=O) groups is 2. The van der Waals surface area contributed by atoms with Crippen LogP contribution in [0.3, 0.4) is 0 Å². The number of nitrogens with one attached hydrogen (secondary N) is 2. The number of hydrogen-bond acceptors (Lipinski definition) is 5. The molecule has 1 aromatic rings. The summed E-state index contributed by atoms with van der Waals surface area (Å²) in [4.78, 5) is 25.7. The zero-order valence-corrected chi connectivity index (χ0v) is 9.52. The fourth-order valence-corrected chi connectivity index (χ4v) is 1.14. The highest BCUT2D eigenvalue weighted by Crippen LogP contribution is 1.96. The lowest BCUT2D eigenvalue weighted by Crippen LogP contribution is -2.29. The van der Waals surface area contributed by atoms with Crippen molar-refractivity contribution in [2.45, 2.75) is 19.8 Å². The molecule has 0 saturated heterocycles. The molecule has 1 aromatic heterocycles. The third-order valence-corrected chi connectivity index (χ3v) is 1.85. The zero-order chi connectivity index (χ0) is 12.7. The van der Waals surface area contributed by atoms with Gasteiger partial charge < -0.3 is 15.8 Å². The van der Waals surface area contributed by atoms with E-state index in [1.54, 1.807) is 0 Å². The molecular weight excluding hydrogens is 226 g/mol. The van der Waals surface area contributed by atoms with Crippen molar-refractivity contribution in [3.63, 3.8) is 0 Å². The van der Waals surface area contributed by atoms with Gasteiger partial charge in [-0.25, -0.2) is 9.78 Å². The van der Waals surface area contributed by atoms with Gasteiger partial charge in [0.05, 0.1) is 6.54 Å². The summed E-state index contributed by atoms with van der Waals surface area (Å²) in [6.45, 7) is 2.19. The van der Waals surface area contributed by atoms with E-state index < -0.39 is 12.0 Å². The van der Waals surface area contributed by atoms with Gasteiger partial charge >= 0.3 is 6.09 Å². The first-order valence-electron chi connectivity index (χ1n) is 5.25. The minimum absolute atomic E-state index is 0.0211. The van der Waals surface area contributed by atoms with Crippen LogP contribution in [0.15, 0.2) is 0 Å². The van der Waals surface area contributed by atoms with Gasteiger partial charge in [0.1, 0.15) is 12.4 Å². The Labute approximate surface area is 97.9 Å². The van der Waals surface area contributed by atoms with Crippen LogP contribution >= 0.6 is 0 Å². The van der Waals surface area contributed by atoms with Crippen LogP contribution in [-0.2, 0) is 11.2 Å². The second-order valence-corrected chi connectivity index (χ2v) is 3.28. The maximum Gasteiger partial charge on any atom is 0.404 e. The highest BCUT2D eigenvalue weighted by atomic mass is 16.5. The van der Waals surface area contributed by atoms with Crippen LogP contribution in [0.1, 0.15) is 29.8 Å². The average molecular weight is 241 g/mol. The van der Waals surface area contributed by atoms with Gasteiger partial charge in [0, 0.05) is 6.42 Å². The number of amides is 2. The molecule has 0 saturated carbocycles. The number of rotatable bonds is 6. The summed E-state index contributed by atoms with van der Waals surface area (Å²) in [5.41, 5.74) is 4.75. The molecule has 94 valence electrons. The monoisotopic (exact) mass is 241 g/mol. The Balaban J connectivity index is 2.33. The van der Waals surface area contributed by atoms with E-state index in [0.717, 1.165) is 12.8 Å². The van der Waals surface area contributed by atoms with Gasteiger partial charge in [-0.1, -0.05) is 6.92 Å². The fourth-order valence-electron chi connectivity index (χ4n) is 1.14. The van der Waals surface area contributed by atoms with Crippen molar-refractivity contribution in [3.8, 4) is 0 Å². The van der Waals surface area contributed by atoms with Crippen molar-refractivity contribution in [2.75, 3.05) is 13.2 Å². The third kappa shape index (κ3) is 4.49. The van der Waals surface area contributed by atoms with Crippen LogP contribution in [0, 0.1) is 0 Å². The Morgan fingerprint density at radius 1 is 1.53 bits per heavy atom. The van der Waals surface area contributed by atoms with Crippen molar-refractivity contribution in [1.82, 2.24) is 20.5 Å². The van der Waals surface area contributed by atoms with Gasteiger partial charge in [-0.2, -0.15) is 0 Å². The van der Waals surface area contributed by atoms with E-state index in [1.165, 1.54) is 0 Å². The lowest BCUT2D eigenvalue weighted by molar-refractivity contribution is 0.0927.